The Morgan fingerprint density at radius 3 is 2.35 bits per heavy atom. The summed E-state index contributed by atoms with van der Waals surface area (Å²) in [5, 5.41) is 6.18. The first-order valence-electron chi connectivity index (χ1n) is 8.05. The number of unbranched alkanes of at least 4 members (excludes halogenated alkanes) is 4. The number of rotatable bonds is 10. The third-order valence-electron chi connectivity index (χ3n) is 3.03. The minimum atomic E-state index is -0.427. The van der Waals surface area contributed by atoms with Crippen LogP contribution in [0.4, 0.5) is 4.79 Å². The van der Waals surface area contributed by atoms with Crippen LogP contribution in [0.3, 0.4) is 0 Å². The summed E-state index contributed by atoms with van der Waals surface area (Å²) < 4.78 is 5.17. The topological polar surface area (TPSA) is 50.4 Å². The van der Waals surface area contributed by atoms with Crippen LogP contribution in [-0.2, 0) is 4.74 Å². The van der Waals surface area contributed by atoms with E-state index in [-0.39, 0.29) is 6.09 Å². The van der Waals surface area contributed by atoms with Gasteiger partial charge in [0.25, 0.3) is 0 Å². The summed E-state index contributed by atoms with van der Waals surface area (Å²) in [6.07, 6.45) is 7.47. The molecule has 0 spiro atoms. The third kappa shape index (κ3) is 13.7. The van der Waals surface area contributed by atoms with Crippen molar-refractivity contribution in [1.29, 1.82) is 0 Å². The van der Waals surface area contributed by atoms with Gasteiger partial charge < -0.3 is 15.4 Å². The first-order valence-corrected chi connectivity index (χ1v) is 8.05. The molecule has 0 radical (unpaired) electrons. The van der Waals surface area contributed by atoms with Gasteiger partial charge in [0.15, 0.2) is 0 Å². The predicted octanol–water partition coefficient (Wildman–Crippen LogP) is 3.85. The first-order chi connectivity index (χ1) is 9.35. The van der Waals surface area contributed by atoms with Crippen molar-refractivity contribution in [3.63, 3.8) is 0 Å². The lowest BCUT2D eigenvalue weighted by Gasteiger charge is -2.20. The molecular formula is C16H34N2O2. The Morgan fingerprint density at radius 2 is 1.75 bits per heavy atom. The minimum Gasteiger partial charge on any atom is -0.444 e. The van der Waals surface area contributed by atoms with Crippen LogP contribution in [0, 0.1) is 0 Å². The van der Waals surface area contributed by atoms with Crippen molar-refractivity contribution in [2.45, 2.75) is 84.8 Å². The molecule has 0 aliphatic heterocycles. The SMILES string of the molecule is CCCCCCCC(C)NCCNC(=O)OC(C)(C)C. The van der Waals surface area contributed by atoms with E-state index in [0.717, 1.165) is 6.54 Å². The standard InChI is InChI=1S/C16H34N2O2/c1-6-7-8-9-10-11-14(2)17-12-13-18-15(19)20-16(3,4)5/h14,17H,6-13H2,1-5H3,(H,18,19). The monoisotopic (exact) mass is 286 g/mol. The molecule has 0 aliphatic carbocycles. The molecule has 0 saturated carbocycles. The summed E-state index contributed by atoms with van der Waals surface area (Å²) in [4.78, 5) is 11.4. The molecule has 0 aromatic heterocycles. The van der Waals surface area contributed by atoms with Gasteiger partial charge in [-0.25, -0.2) is 4.79 Å². The van der Waals surface area contributed by atoms with Crippen LogP contribution in [0.5, 0.6) is 0 Å². The molecule has 0 aromatic rings. The summed E-state index contributed by atoms with van der Waals surface area (Å²) in [6.45, 7) is 11.4. The number of hydrogen-bond donors (Lipinski definition) is 2. The second-order valence-electron chi connectivity index (χ2n) is 6.49. The smallest absolute Gasteiger partial charge is 0.407 e. The number of carbonyl (C=O) groups excluding carboxylic acids is 1. The first kappa shape index (κ1) is 19.2. The lowest BCUT2D eigenvalue weighted by molar-refractivity contribution is 0.0528. The van der Waals surface area contributed by atoms with E-state index in [0.29, 0.717) is 12.6 Å². The second-order valence-corrected chi connectivity index (χ2v) is 6.49. The molecule has 4 heteroatoms. The van der Waals surface area contributed by atoms with Gasteiger partial charge in [0.2, 0.25) is 0 Å². The molecule has 4 nitrogen and oxygen atoms in total. The van der Waals surface area contributed by atoms with Gasteiger partial charge in [-0.05, 0) is 34.1 Å². The molecule has 120 valence electrons. The van der Waals surface area contributed by atoms with Crippen LogP contribution in [0.2, 0.25) is 0 Å². The number of carbonyl (C=O) groups is 1. The highest BCUT2D eigenvalue weighted by Crippen LogP contribution is 2.07. The minimum absolute atomic E-state index is 0.341. The molecule has 0 heterocycles. The lowest BCUT2D eigenvalue weighted by atomic mass is 10.1. The Kier molecular flexibility index (Phi) is 10.5. The molecule has 20 heavy (non-hydrogen) atoms. The Hall–Kier alpha value is -0.770. The number of amides is 1. The van der Waals surface area contributed by atoms with Gasteiger partial charge in [0.1, 0.15) is 5.60 Å². The number of nitrogens with one attached hydrogen (secondary N) is 2. The average Bonchev–Trinajstić information content (AvgIpc) is 2.32. The quantitative estimate of drug-likeness (QED) is 0.600. The molecule has 1 unspecified atom stereocenters. The Bertz CT molecular complexity index is 249. The molecule has 1 atom stereocenters. The van der Waals surface area contributed by atoms with Crippen LogP contribution in [0.1, 0.15) is 73.1 Å². The van der Waals surface area contributed by atoms with Gasteiger partial charge >= 0.3 is 6.09 Å². The maximum absolute atomic E-state index is 11.4. The van der Waals surface area contributed by atoms with Crippen molar-refractivity contribution in [1.82, 2.24) is 10.6 Å². The summed E-state index contributed by atoms with van der Waals surface area (Å²) in [5.74, 6) is 0. The van der Waals surface area contributed by atoms with Crippen molar-refractivity contribution < 1.29 is 9.53 Å². The van der Waals surface area contributed by atoms with Crippen LogP contribution in [-0.4, -0.2) is 30.8 Å². The molecule has 0 fully saturated rings. The number of hydrogen-bond acceptors (Lipinski definition) is 3. The summed E-state index contributed by atoms with van der Waals surface area (Å²) in [5.41, 5.74) is -0.427. The van der Waals surface area contributed by atoms with Crippen molar-refractivity contribution in [2.24, 2.45) is 0 Å². The highest BCUT2D eigenvalue weighted by Gasteiger charge is 2.15. The molecule has 1 amide bonds. The van der Waals surface area contributed by atoms with Crippen molar-refractivity contribution in [3.8, 4) is 0 Å². The van der Waals surface area contributed by atoms with Crippen molar-refractivity contribution in [3.05, 3.63) is 0 Å². The average molecular weight is 286 g/mol. The lowest BCUT2D eigenvalue weighted by Crippen LogP contribution is -2.38. The highest BCUT2D eigenvalue weighted by molar-refractivity contribution is 5.67. The van der Waals surface area contributed by atoms with Crippen molar-refractivity contribution >= 4 is 6.09 Å². The van der Waals surface area contributed by atoms with Gasteiger partial charge in [-0.15, -0.1) is 0 Å². The van der Waals surface area contributed by atoms with Gasteiger partial charge in [-0.3, -0.25) is 0 Å². The van der Waals surface area contributed by atoms with E-state index in [2.05, 4.69) is 24.5 Å². The number of alkyl carbamates (subject to hydrolysis) is 1. The van der Waals surface area contributed by atoms with E-state index in [1.165, 1.54) is 38.5 Å². The third-order valence-corrected chi connectivity index (χ3v) is 3.03. The Balaban J connectivity index is 3.43. The molecule has 0 bridgehead atoms. The predicted molar refractivity (Wildman–Crippen MR) is 85.1 cm³/mol. The van der Waals surface area contributed by atoms with E-state index < -0.39 is 5.60 Å². The van der Waals surface area contributed by atoms with Crippen LogP contribution < -0.4 is 10.6 Å². The molecule has 2 N–H and O–H groups in total. The number of ether oxygens (including phenoxy) is 1. The molecule has 0 saturated heterocycles. The van der Waals surface area contributed by atoms with E-state index in [4.69, 9.17) is 4.74 Å². The van der Waals surface area contributed by atoms with Crippen LogP contribution >= 0.6 is 0 Å². The van der Waals surface area contributed by atoms with E-state index in [9.17, 15) is 4.79 Å². The Morgan fingerprint density at radius 1 is 1.10 bits per heavy atom. The van der Waals surface area contributed by atoms with E-state index in [1.54, 1.807) is 0 Å². The zero-order valence-corrected chi connectivity index (χ0v) is 14.1. The summed E-state index contributed by atoms with van der Waals surface area (Å²) in [6, 6.07) is 0.511. The zero-order chi connectivity index (χ0) is 15.4. The fraction of sp³-hybridized carbons (Fsp3) is 0.938. The van der Waals surface area contributed by atoms with Crippen molar-refractivity contribution in [2.75, 3.05) is 13.1 Å². The fourth-order valence-electron chi connectivity index (χ4n) is 1.95. The van der Waals surface area contributed by atoms with E-state index in [1.807, 2.05) is 20.8 Å². The second kappa shape index (κ2) is 11.0. The summed E-state index contributed by atoms with van der Waals surface area (Å²) >= 11 is 0. The largest absolute Gasteiger partial charge is 0.444 e. The van der Waals surface area contributed by atoms with Crippen LogP contribution in [0.15, 0.2) is 0 Å². The highest BCUT2D eigenvalue weighted by atomic mass is 16.6. The zero-order valence-electron chi connectivity index (χ0n) is 14.1. The Labute approximate surface area is 125 Å². The molecule has 0 aromatic carbocycles. The molecule has 0 rings (SSSR count). The maximum Gasteiger partial charge on any atom is 0.407 e. The van der Waals surface area contributed by atoms with Gasteiger partial charge in [0.05, 0.1) is 0 Å². The van der Waals surface area contributed by atoms with Crippen LogP contribution in [0.25, 0.3) is 0 Å². The van der Waals surface area contributed by atoms with Gasteiger partial charge in [-0.1, -0.05) is 39.0 Å². The molecule has 0 aliphatic rings. The fourth-order valence-corrected chi connectivity index (χ4v) is 1.95. The normalized spacial score (nSPS) is 13.1. The summed E-state index contributed by atoms with van der Waals surface area (Å²) in [7, 11) is 0. The molecular weight excluding hydrogens is 252 g/mol. The maximum atomic E-state index is 11.4. The van der Waals surface area contributed by atoms with Gasteiger partial charge in [-0.2, -0.15) is 0 Å². The van der Waals surface area contributed by atoms with E-state index >= 15 is 0 Å². The van der Waals surface area contributed by atoms with Gasteiger partial charge in [0, 0.05) is 19.1 Å².